The Morgan fingerprint density at radius 2 is 2.25 bits per heavy atom. The Hall–Kier alpha value is -2.28. The Morgan fingerprint density at radius 1 is 1.40 bits per heavy atom. The molecule has 0 aliphatic carbocycles. The van der Waals surface area contributed by atoms with E-state index in [-0.39, 0.29) is 5.56 Å². The second-order valence-electron chi connectivity index (χ2n) is 4.54. The lowest BCUT2D eigenvalue weighted by molar-refractivity contribution is 0.178. The zero-order chi connectivity index (χ0) is 14.1. The molecule has 3 aromatic heterocycles. The Bertz CT molecular complexity index is 821. The fraction of sp³-hybridized carbons (Fsp3) is 0.385. The summed E-state index contributed by atoms with van der Waals surface area (Å²) in [4.78, 5) is 20.8. The summed E-state index contributed by atoms with van der Waals surface area (Å²) in [5, 5.41) is 4.86. The van der Waals surface area contributed by atoms with E-state index in [0.29, 0.717) is 35.7 Å². The summed E-state index contributed by atoms with van der Waals surface area (Å²) in [6.45, 7) is 3.05. The van der Waals surface area contributed by atoms with Gasteiger partial charge in [0.05, 0.1) is 10.9 Å². The number of hydrogen-bond donors (Lipinski definition) is 0. The maximum absolute atomic E-state index is 12.3. The average molecular weight is 273 g/mol. The molecule has 0 aromatic carbocycles. The van der Waals surface area contributed by atoms with Crippen LogP contribution < -0.4 is 5.56 Å². The molecule has 20 heavy (non-hydrogen) atoms. The third kappa shape index (κ3) is 1.96. The standard InChI is InChI=1S/C13H15N5O2/c1-3-5-17-6-4-10-9(12(17)19)7-14-13-15-11(8-20-2)16-18(10)13/h4,6-7H,3,5,8H2,1-2H3. The fourth-order valence-corrected chi connectivity index (χ4v) is 2.21. The van der Waals surface area contributed by atoms with Crippen molar-refractivity contribution >= 4 is 16.7 Å². The van der Waals surface area contributed by atoms with Gasteiger partial charge >= 0.3 is 0 Å². The van der Waals surface area contributed by atoms with Gasteiger partial charge in [0.15, 0.2) is 5.82 Å². The number of methoxy groups -OCH3 is 1. The van der Waals surface area contributed by atoms with E-state index in [4.69, 9.17) is 4.74 Å². The summed E-state index contributed by atoms with van der Waals surface area (Å²) in [6.07, 6.45) is 4.25. The van der Waals surface area contributed by atoms with Gasteiger partial charge < -0.3 is 9.30 Å². The number of fused-ring (bicyclic) bond motifs is 3. The maximum Gasteiger partial charge on any atom is 0.261 e. The van der Waals surface area contributed by atoms with Crippen LogP contribution in [0, 0.1) is 0 Å². The number of hydrogen-bond acceptors (Lipinski definition) is 5. The van der Waals surface area contributed by atoms with E-state index in [0.717, 1.165) is 6.42 Å². The predicted octanol–water partition coefficient (Wildman–Crippen LogP) is 0.996. The quantitative estimate of drug-likeness (QED) is 0.709. The van der Waals surface area contributed by atoms with Gasteiger partial charge in [-0.15, -0.1) is 5.10 Å². The lowest BCUT2D eigenvalue weighted by Crippen LogP contribution is -2.20. The molecule has 0 radical (unpaired) electrons. The SMILES string of the molecule is CCCn1ccc2c(cnc3nc(COC)nn32)c1=O. The van der Waals surface area contributed by atoms with E-state index in [1.54, 1.807) is 28.6 Å². The highest BCUT2D eigenvalue weighted by Gasteiger charge is 2.10. The van der Waals surface area contributed by atoms with Gasteiger partial charge in [0.2, 0.25) is 0 Å². The molecule has 0 N–H and O–H groups in total. The zero-order valence-corrected chi connectivity index (χ0v) is 11.4. The summed E-state index contributed by atoms with van der Waals surface area (Å²) < 4.78 is 8.28. The van der Waals surface area contributed by atoms with Crippen LogP contribution in [0.2, 0.25) is 0 Å². The van der Waals surface area contributed by atoms with Crippen molar-refractivity contribution < 1.29 is 4.74 Å². The lowest BCUT2D eigenvalue weighted by atomic mass is 10.3. The molecule has 0 aliphatic rings. The average Bonchev–Trinajstić information content (AvgIpc) is 2.85. The molecule has 0 saturated heterocycles. The van der Waals surface area contributed by atoms with Gasteiger partial charge in [-0.3, -0.25) is 4.79 Å². The minimum Gasteiger partial charge on any atom is -0.377 e. The first-order valence-corrected chi connectivity index (χ1v) is 6.47. The van der Waals surface area contributed by atoms with Crippen molar-refractivity contribution in [3.8, 4) is 0 Å². The summed E-state index contributed by atoms with van der Waals surface area (Å²) in [6, 6.07) is 1.87. The maximum atomic E-state index is 12.3. The minimum atomic E-state index is -0.0532. The molecule has 3 rings (SSSR count). The van der Waals surface area contributed by atoms with Crippen molar-refractivity contribution in [3.63, 3.8) is 0 Å². The first kappa shape index (κ1) is 12.7. The lowest BCUT2D eigenvalue weighted by Gasteiger charge is -2.05. The van der Waals surface area contributed by atoms with Crippen LogP contribution in [0.25, 0.3) is 16.7 Å². The van der Waals surface area contributed by atoms with E-state index < -0.39 is 0 Å². The molecular weight excluding hydrogens is 258 g/mol. The Kier molecular flexibility index (Phi) is 3.19. The van der Waals surface area contributed by atoms with E-state index in [9.17, 15) is 4.79 Å². The van der Waals surface area contributed by atoms with Crippen LogP contribution in [0.1, 0.15) is 19.2 Å². The molecule has 0 unspecified atom stereocenters. The molecule has 3 heterocycles. The van der Waals surface area contributed by atoms with E-state index in [1.165, 1.54) is 0 Å². The van der Waals surface area contributed by atoms with Gasteiger partial charge in [0, 0.05) is 26.0 Å². The van der Waals surface area contributed by atoms with Crippen molar-refractivity contribution in [2.24, 2.45) is 0 Å². The number of rotatable bonds is 4. The van der Waals surface area contributed by atoms with Gasteiger partial charge in [-0.1, -0.05) is 6.92 Å². The highest BCUT2D eigenvalue weighted by Crippen LogP contribution is 2.10. The smallest absolute Gasteiger partial charge is 0.261 e. The monoisotopic (exact) mass is 273 g/mol. The third-order valence-electron chi connectivity index (χ3n) is 3.09. The summed E-state index contributed by atoms with van der Waals surface area (Å²) in [5.41, 5.74) is 0.657. The topological polar surface area (TPSA) is 74.3 Å². The van der Waals surface area contributed by atoms with Crippen molar-refractivity contribution in [2.75, 3.05) is 7.11 Å². The molecule has 0 aliphatic heterocycles. The normalized spacial score (nSPS) is 11.5. The Morgan fingerprint density at radius 3 is 3.00 bits per heavy atom. The van der Waals surface area contributed by atoms with Crippen molar-refractivity contribution in [3.05, 3.63) is 34.6 Å². The van der Waals surface area contributed by atoms with Crippen LogP contribution in [0.15, 0.2) is 23.3 Å². The van der Waals surface area contributed by atoms with E-state index in [2.05, 4.69) is 15.1 Å². The first-order valence-electron chi connectivity index (χ1n) is 6.47. The van der Waals surface area contributed by atoms with Gasteiger partial charge in [-0.2, -0.15) is 9.50 Å². The molecule has 0 bridgehead atoms. The second-order valence-corrected chi connectivity index (χ2v) is 4.54. The molecule has 0 amide bonds. The highest BCUT2D eigenvalue weighted by molar-refractivity contribution is 5.78. The fourth-order valence-electron chi connectivity index (χ4n) is 2.21. The number of aromatic nitrogens is 5. The molecule has 0 saturated carbocycles. The third-order valence-corrected chi connectivity index (χ3v) is 3.09. The minimum absolute atomic E-state index is 0.0532. The number of aryl methyl sites for hydroxylation is 1. The molecular formula is C13H15N5O2. The van der Waals surface area contributed by atoms with Crippen LogP contribution in [0.3, 0.4) is 0 Å². The van der Waals surface area contributed by atoms with Crippen LogP contribution in [0.5, 0.6) is 0 Å². The molecule has 7 heteroatoms. The number of ether oxygens (including phenoxy) is 1. The van der Waals surface area contributed by atoms with E-state index in [1.807, 2.05) is 13.0 Å². The predicted molar refractivity (Wildman–Crippen MR) is 73.6 cm³/mol. The van der Waals surface area contributed by atoms with Crippen molar-refractivity contribution in [1.29, 1.82) is 0 Å². The van der Waals surface area contributed by atoms with Gasteiger partial charge in [-0.25, -0.2) is 4.98 Å². The van der Waals surface area contributed by atoms with E-state index >= 15 is 0 Å². The molecule has 0 fully saturated rings. The molecule has 7 nitrogen and oxygen atoms in total. The molecule has 0 spiro atoms. The van der Waals surface area contributed by atoms with Crippen LogP contribution >= 0.6 is 0 Å². The zero-order valence-electron chi connectivity index (χ0n) is 11.4. The Balaban J connectivity index is 2.26. The first-order chi connectivity index (χ1) is 9.74. The molecule has 104 valence electrons. The second kappa shape index (κ2) is 5.01. The van der Waals surface area contributed by atoms with Gasteiger partial charge in [0.1, 0.15) is 6.61 Å². The summed E-state index contributed by atoms with van der Waals surface area (Å²) in [7, 11) is 1.58. The van der Waals surface area contributed by atoms with Gasteiger partial charge in [0.25, 0.3) is 11.3 Å². The largest absolute Gasteiger partial charge is 0.377 e. The van der Waals surface area contributed by atoms with Crippen LogP contribution in [-0.2, 0) is 17.9 Å². The summed E-state index contributed by atoms with van der Waals surface area (Å²) in [5.74, 6) is 1.02. The van der Waals surface area contributed by atoms with Crippen molar-refractivity contribution in [2.45, 2.75) is 26.5 Å². The molecule has 0 atom stereocenters. The van der Waals surface area contributed by atoms with Crippen molar-refractivity contribution in [1.82, 2.24) is 24.1 Å². The van der Waals surface area contributed by atoms with Gasteiger partial charge in [-0.05, 0) is 12.5 Å². The highest BCUT2D eigenvalue weighted by atomic mass is 16.5. The number of pyridine rings is 1. The van der Waals surface area contributed by atoms with Crippen LogP contribution in [-0.4, -0.2) is 31.3 Å². The number of nitrogens with zero attached hydrogens (tertiary/aromatic N) is 5. The van der Waals surface area contributed by atoms with Crippen LogP contribution in [0.4, 0.5) is 0 Å². The Labute approximate surface area is 114 Å². The molecule has 3 aromatic rings. The summed E-state index contributed by atoms with van der Waals surface area (Å²) >= 11 is 0.